The summed E-state index contributed by atoms with van der Waals surface area (Å²) in [5.74, 6) is 0. The molecule has 0 bridgehead atoms. The fraction of sp³-hybridized carbons (Fsp3) is 0.222. The van der Waals surface area contributed by atoms with E-state index in [2.05, 4.69) is 4.99 Å². The van der Waals surface area contributed by atoms with Gasteiger partial charge in [-0.1, -0.05) is 12.1 Å². The molecule has 0 amide bonds. The third-order valence-electron chi connectivity index (χ3n) is 1.53. The first-order valence-corrected chi connectivity index (χ1v) is 3.56. The number of isocyanates is 1. The maximum absolute atomic E-state index is 12.6. The van der Waals surface area contributed by atoms with Crippen LogP contribution < -0.4 is 0 Å². The van der Waals surface area contributed by atoms with Crippen LogP contribution >= 0.6 is 0 Å². The van der Waals surface area contributed by atoms with Crippen LogP contribution in [0.1, 0.15) is 18.7 Å². The topological polar surface area (TPSA) is 29.4 Å². The van der Waals surface area contributed by atoms with Gasteiger partial charge >= 0.3 is 0 Å². The van der Waals surface area contributed by atoms with E-state index in [0.717, 1.165) is 0 Å². The lowest BCUT2D eigenvalue weighted by Gasteiger charge is -2.00. The summed E-state index contributed by atoms with van der Waals surface area (Å²) in [5, 5.41) is 0. The normalized spacial score (nSPS) is 11.8. The van der Waals surface area contributed by atoms with Crippen LogP contribution in [0.5, 0.6) is 0 Å². The maximum Gasteiger partial charge on any atom is 0.240 e. The Kier molecular flexibility index (Phi) is 2.72. The van der Waals surface area contributed by atoms with Gasteiger partial charge in [-0.3, -0.25) is 0 Å². The zero-order chi connectivity index (χ0) is 8.97. The molecule has 3 heteroatoms. The first kappa shape index (κ1) is 8.62. The first-order valence-electron chi connectivity index (χ1n) is 3.56. The molecule has 1 rings (SSSR count). The molecule has 0 aliphatic rings. The highest BCUT2D eigenvalue weighted by atomic mass is 19.1. The Hall–Kier alpha value is -1.47. The molecule has 2 nitrogen and oxygen atoms in total. The Labute approximate surface area is 69.7 Å². The van der Waals surface area contributed by atoms with E-state index >= 15 is 0 Å². The third kappa shape index (κ3) is 2.01. The number of hydrogen-bond acceptors (Lipinski definition) is 2. The van der Waals surface area contributed by atoms with E-state index in [4.69, 9.17) is 0 Å². The SMILES string of the molecule is CC(F)c1ccc(N=C=O)cc1. The largest absolute Gasteiger partial charge is 0.243 e. The third-order valence-corrected chi connectivity index (χ3v) is 1.53. The Bertz CT molecular complexity index is 299. The number of rotatable bonds is 2. The number of benzene rings is 1. The van der Waals surface area contributed by atoms with Crippen molar-refractivity contribution in [2.24, 2.45) is 4.99 Å². The van der Waals surface area contributed by atoms with Gasteiger partial charge in [0.05, 0.1) is 5.69 Å². The van der Waals surface area contributed by atoms with Gasteiger partial charge in [0.2, 0.25) is 6.08 Å². The number of halogens is 1. The van der Waals surface area contributed by atoms with Crippen molar-refractivity contribution in [3.05, 3.63) is 29.8 Å². The number of aliphatic imine (C=N–C) groups is 1. The van der Waals surface area contributed by atoms with E-state index in [-0.39, 0.29) is 0 Å². The van der Waals surface area contributed by atoms with Gasteiger partial charge in [0, 0.05) is 0 Å². The molecule has 0 saturated heterocycles. The predicted molar refractivity (Wildman–Crippen MR) is 43.7 cm³/mol. The van der Waals surface area contributed by atoms with Crippen LogP contribution in [0.4, 0.5) is 10.1 Å². The standard InChI is InChI=1S/C9H8FNO/c1-7(10)8-2-4-9(5-3-8)11-6-12/h2-5,7H,1H3. The van der Waals surface area contributed by atoms with Gasteiger partial charge in [-0.05, 0) is 24.6 Å². The molecular weight excluding hydrogens is 157 g/mol. The molecular formula is C9H8FNO. The average molecular weight is 165 g/mol. The van der Waals surface area contributed by atoms with Crippen LogP contribution in [0.15, 0.2) is 29.3 Å². The highest BCUT2D eigenvalue weighted by Gasteiger charge is 2.00. The molecule has 62 valence electrons. The number of hydrogen-bond donors (Lipinski definition) is 0. The number of alkyl halides is 1. The van der Waals surface area contributed by atoms with Crippen molar-refractivity contribution >= 4 is 11.8 Å². The molecule has 0 aromatic heterocycles. The van der Waals surface area contributed by atoms with E-state index in [9.17, 15) is 9.18 Å². The van der Waals surface area contributed by atoms with E-state index in [0.29, 0.717) is 11.3 Å². The monoisotopic (exact) mass is 165 g/mol. The van der Waals surface area contributed by atoms with Gasteiger partial charge in [-0.25, -0.2) is 9.18 Å². The Morgan fingerprint density at radius 1 is 1.42 bits per heavy atom. The lowest BCUT2D eigenvalue weighted by atomic mass is 10.1. The zero-order valence-corrected chi connectivity index (χ0v) is 6.62. The average Bonchev–Trinajstić information content (AvgIpc) is 2.06. The van der Waals surface area contributed by atoms with Crippen molar-refractivity contribution in [3.8, 4) is 0 Å². The molecule has 1 atom stereocenters. The van der Waals surface area contributed by atoms with Crippen LogP contribution in [0.3, 0.4) is 0 Å². The molecule has 0 fully saturated rings. The second-order valence-electron chi connectivity index (χ2n) is 2.41. The van der Waals surface area contributed by atoms with Crippen LogP contribution in [0.25, 0.3) is 0 Å². The van der Waals surface area contributed by atoms with Gasteiger partial charge in [0.15, 0.2) is 0 Å². The summed E-state index contributed by atoms with van der Waals surface area (Å²) in [4.78, 5) is 13.2. The van der Waals surface area contributed by atoms with Crippen LogP contribution in [-0.2, 0) is 4.79 Å². The summed E-state index contributed by atoms with van der Waals surface area (Å²) in [7, 11) is 0. The maximum atomic E-state index is 12.6. The molecule has 1 aromatic rings. The molecule has 0 radical (unpaired) electrons. The smallest absolute Gasteiger partial charge is 0.240 e. The molecule has 12 heavy (non-hydrogen) atoms. The summed E-state index contributed by atoms with van der Waals surface area (Å²) in [6.07, 6.45) is 0.427. The minimum Gasteiger partial charge on any atom is -0.243 e. The highest BCUT2D eigenvalue weighted by Crippen LogP contribution is 2.19. The molecule has 1 aromatic carbocycles. The van der Waals surface area contributed by atoms with Gasteiger partial charge in [-0.2, -0.15) is 4.99 Å². The van der Waals surface area contributed by atoms with Crippen molar-refractivity contribution < 1.29 is 9.18 Å². The Balaban J connectivity index is 2.92. The molecule has 0 N–H and O–H groups in total. The van der Waals surface area contributed by atoms with Crippen LogP contribution in [-0.4, -0.2) is 6.08 Å². The summed E-state index contributed by atoms with van der Waals surface area (Å²) < 4.78 is 12.6. The lowest BCUT2D eigenvalue weighted by Crippen LogP contribution is -1.82. The summed E-state index contributed by atoms with van der Waals surface area (Å²) in [6.45, 7) is 1.46. The molecule has 1 unspecified atom stereocenters. The van der Waals surface area contributed by atoms with Crippen molar-refractivity contribution in [2.45, 2.75) is 13.1 Å². The van der Waals surface area contributed by atoms with Crippen molar-refractivity contribution in [1.29, 1.82) is 0 Å². The summed E-state index contributed by atoms with van der Waals surface area (Å²) >= 11 is 0. The van der Waals surface area contributed by atoms with Gasteiger partial charge in [0.1, 0.15) is 6.17 Å². The molecule has 0 aliphatic heterocycles. The van der Waals surface area contributed by atoms with E-state index < -0.39 is 6.17 Å². The minimum absolute atomic E-state index is 0.495. The van der Waals surface area contributed by atoms with Crippen LogP contribution in [0.2, 0.25) is 0 Å². The minimum atomic E-state index is -0.987. The highest BCUT2D eigenvalue weighted by molar-refractivity contribution is 5.49. The van der Waals surface area contributed by atoms with Crippen molar-refractivity contribution in [3.63, 3.8) is 0 Å². The fourth-order valence-corrected chi connectivity index (χ4v) is 0.867. The fourth-order valence-electron chi connectivity index (χ4n) is 0.867. The summed E-state index contributed by atoms with van der Waals surface area (Å²) in [5.41, 5.74) is 1.08. The first-order chi connectivity index (χ1) is 5.74. The van der Waals surface area contributed by atoms with E-state index in [1.165, 1.54) is 13.0 Å². The van der Waals surface area contributed by atoms with Crippen molar-refractivity contribution in [1.82, 2.24) is 0 Å². The second kappa shape index (κ2) is 3.79. The number of carbonyl (C=O) groups excluding carboxylic acids is 1. The molecule has 0 heterocycles. The molecule has 0 aliphatic carbocycles. The quantitative estimate of drug-likeness (QED) is 0.489. The lowest BCUT2D eigenvalue weighted by molar-refractivity contribution is 0.374. The van der Waals surface area contributed by atoms with Crippen LogP contribution in [0, 0.1) is 0 Å². The van der Waals surface area contributed by atoms with Gasteiger partial charge in [0.25, 0.3) is 0 Å². The van der Waals surface area contributed by atoms with E-state index in [1.54, 1.807) is 24.3 Å². The van der Waals surface area contributed by atoms with Crippen molar-refractivity contribution in [2.75, 3.05) is 0 Å². The Morgan fingerprint density at radius 3 is 2.42 bits per heavy atom. The zero-order valence-electron chi connectivity index (χ0n) is 6.62. The molecule has 0 spiro atoms. The molecule has 0 saturated carbocycles. The summed E-state index contributed by atoms with van der Waals surface area (Å²) in [6, 6.07) is 6.36. The van der Waals surface area contributed by atoms with Gasteiger partial charge < -0.3 is 0 Å². The predicted octanol–water partition coefficient (Wildman–Crippen LogP) is 2.68. The van der Waals surface area contributed by atoms with E-state index in [1.807, 2.05) is 0 Å². The second-order valence-corrected chi connectivity index (χ2v) is 2.41. The Morgan fingerprint density at radius 2 is 2.00 bits per heavy atom. The number of nitrogens with zero attached hydrogens (tertiary/aromatic N) is 1. The van der Waals surface area contributed by atoms with Gasteiger partial charge in [-0.15, -0.1) is 0 Å².